The molecule has 0 bridgehead atoms. The standard InChI is InChI=1S/C15H14N2O2S/c1-19-13-6-4-12(5-7-13)17-15(18)11(10-16)9-14-3-2-8-20-14/h2-8,11H,9H2,1H3,(H,17,18)/t11-/m1/s1. The maximum Gasteiger partial charge on any atom is 0.242 e. The molecule has 4 nitrogen and oxygen atoms in total. The maximum absolute atomic E-state index is 12.1. The van der Waals surface area contributed by atoms with Crippen LogP contribution >= 0.6 is 11.3 Å². The summed E-state index contributed by atoms with van der Waals surface area (Å²) < 4.78 is 5.05. The van der Waals surface area contributed by atoms with Crippen LogP contribution in [0.15, 0.2) is 41.8 Å². The molecule has 2 rings (SSSR count). The molecule has 0 aliphatic carbocycles. The van der Waals surface area contributed by atoms with Gasteiger partial charge in [0.05, 0.1) is 13.2 Å². The smallest absolute Gasteiger partial charge is 0.242 e. The molecule has 5 heteroatoms. The van der Waals surface area contributed by atoms with Gasteiger partial charge >= 0.3 is 0 Å². The molecule has 0 saturated carbocycles. The summed E-state index contributed by atoms with van der Waals surface area (Å²) in [5.74, 6) is -0.250. The second-order valence-corrected chi connectivity index (χ2v) is 5.22. The number of methoxy groups -OCH3 is 1. The molecule has 0 unspecified atom stereocenters. The number of hydrogen-bond acceptors (Lipinski definition) is 4. The number of carbonyl (C=O) groups is 1. The first kappa shape index (κ1) is 14.1. The molecular formula is C15H14N2O2S. The Morgan fingerprint density at radius 1 is 1.40 bits per heavy atom. The van der Waals surface area contributed by atoms with Crippen LogP contribution in [0.25, 0.3) is 0 Å². The molecule has 2 aromatic rings. The predicted octanol–water partition coefficient (Wildman–Crippen LogP) is 3.08. The highest BCUT2D eigenvalue weighted by molar-refractivity contribution is 7.09. The Morgan fingerprint density at radius 2 is 2.15 bits per heavy atom. The summed E-state index contributed by atoms with van der Waals surface area (Å²) >= 11 is 1.55. The molecule has 0 fully saturated rings. The van der Waals surface area contributed by atoms with Crippen molar-refractivity contribution in [3.05, 3.63) is 46.7 Å². The summed E-state index contributed by atoms with van der Waals surface area (Å²) in [6, 6.07) is 12.9. The molecule has 1 atom stereocenters. The summed E-state index contributed by atoms with van der Waals surface area (Å²) in [5.41, 5.74) is 0.655. The predicted molar refractivity (Wildman–Crippen MR) is 78.7 cm³/mol. The lowest BCUT2D eigenvalue weighted by atomic mass is 10.1. The largest absolute Gasteiger partial charge is 0.497 e. The van der Waals surface area contributed by atoms with Gasteiger partial charge in [-0.15, -0.1) is 11.3 Å². The monoisotopic (exact) mass is 286 g/mol. The van der Waals surface area contributed by atoms with Gasteiger partial charge in [-0.25, -0.2) is 0 Å². The average molecular weight is 286 g/mol. The number of thiophene rings is 1. The Hall–Kier alpha value is -2.32. The van der Waals surface area contributed by atoms with Gasteiger partial charge in [0.25, 0.3) is 0 Å². The van der Waals surface area contributed by atoms with Gasteiger partial charge in [-0.2, -0.15) is 5.26 Å². The second kappa shape index (κ2) is 6.73. The maximum atomic E-state index is 12.1. The Bertz CT molecular complexity index is 600. The van der Waals surface area contributed by atoms with E-state index in [9.17, 15) is 4.79 Å². The molecular weight excluding hydrogens is 272 g/mol. The number of amides is 1. The van der Waals surface area contributed by atoms with E-state index in [0.717, 1.165) is 10.6 Å². The summed E-state index contributed by atoms with van der Waals surface area (Å²) in [5, 5.41) is 13.8. The summed E-state index contributed by atoms with van der Waals surface area (Å²) in [6.45, 7) is 0. The fourth-order valence-electron chi connectivity index (χ4n) is 1.73. The van der Waals surface area contributed by atoms with E-state index in [1.54, 1.807) is 42.7 Å². The van der Waals surface area contributed by atoms with E-state index in [0.29, 0.717) is 12.1 Å². The zero-order valence-corrected chi connectivity index (χ0v) is 11.8. The van der Waals surface area contributed by atoms with Crippen molar-refractivity contribution in [2.45, 2.75) is 6.42 Å². The van der Waals surface area contributed by atoms with Crippen LogP contribution < -0.4 is 10.1 Å². The Labute approximate surface area is 121 Å². The van der Waals surface area contributed by atoms with Crippen molar-refractivity contribution < 1.29 is 9.53 Å². The lowest BCUT2D eigenvalue weighted by Crippen LogP contribution is -2.23. The number of carbonyl (C=O) groups excluding carboxylic acids is 1. The van der Waals surface area contributed by atoms with Crippen molar-refractivity contribution in [1.29, 1.82) is 5.26 Å². The van der Waals surface area contributed by atoms with E-state index in [1.807, 2.05) is 17.5 Å². The number of nitriles is 1. The Kier molecular flexibility index (Phi) is 4.75. The molecule has 1 heterocycles. The van der Waals surface area contributed by atoms with Crippen LogP contribution in [-0.2, 0) is 11.2 Å². The molecule has 1 N–H and O–H groups in total. The van der Waals surface area contributed by atoms with Crippen molar-refractivity contribution in [3.8, 4) is 11.8 Å². The quantitative estimate of drug-likeness (QED) is 0.918. The van der Waals surface area contributed by atoms with Crippen LogP contribution in [-0.4, -0.2) is 13.0 Å². The van der Waals surface area contributed by atoms with E-state index >= 15 is 0 Å². The number of benzene rings is 1. The number of anilines is 1. The van der Waals surface area contributed by atoms with Gasteiger partial charge in [0.2, 0.25) is 5.91 Å². The van der Waals surface area contributed by atoms with Gasteiger partial charge in [0.15, 0.2) is 0 Å². The average Bonchev–Trinajstić information content (AvgIpc) is 2.98. The summed E-state index contributed by atoms with van der Waals surface area (Å²) in [4.78, 5) is 13.1. The zero-order chi connectivity index (χ0) is 14.4. The fraction of sp³-hybridized carbons (Fsp3) is 0.200. The first-order valence-corrected chi connectivity index (χ1v) is 6.98. The minimum absolute atomic E-state index is 0.286. The number of hydrogen-bond donors (Lipinski definition) is 1. The molecule has 0 saturated heterocycles. The minimum Gasteiger partial charge on any atom is -0.497 e. The molecule has 0 aliphatic heterocycles. The topological polar surface area (TPSA) is 62.1 Å². The first-order chi connectivity index (χ1) is 9.72. The van der Waals surface area contributed by atoms with Crippen LogP contribution in [0.2, 0.25) is 0 Å². The van der Waals surface area contributed by atoms with Crippen molar-refractivity contribution >= 4 is 22.9 Å². The number of ether oxygens (including phenoxy) is 1. The zero-order valence-electron chi connectivity index (χ0n) is 11.0. The van der Waals surface area contributed by atoms with Crippen LogP contribution in [0, 0.1) is 17.2 Å². The molecule has 0 spiro atoms. The fourth-order valence-corrected chi connectivity index (χ4v) is 2.48. The molecule has 0 aliphatic rings. The summed E-state index contributed by atoms with van der Waals surface area (Å²) in [7, 11) is 1.58. The minimum atomic E-state index is -0.684. The van der Waals surface area contributed by atoms with Crippen LogP contribution in [0.4, 0.5) is 5.69 Å². The Balaban J connectivity index is 2.00. The van der Waals surface area contributed by atoms with E-state index < -0.39 is 5.92 Å². The normalized spacial score (nSPS) is 11.4. The van der Waals surface area contributed by atoms with Crippen molar-refractivity contribution in [2.75, 3.05) is 12.4 Å². The third-order valence-corrected chi connectivity index (χ3v) is 3.71. The van der Waals surface area contributed by atoms with Gasteiger partial charge in [0.1, 0.15) is 11.7 Å². The van der Waals surface area contributed by atoms with Gasteiger partial charge in [0, 0.05) is 17.0 Å². The van der Waals surface area contributed by atoms with Crippen molar-refractivity contribution in [2.24, 2.45) is 5.92 Å². The first-order valence-electron chi connectivity index (χ1n) is 6.10. The van der Waals surface area contributed by atoms with E-state index in [4.69, 9.17) is 10.00 Å². The molecule has 102 valence electrons. The third kappa shape index (κ3) is 3.59. The third-order valence-electron chi connectivity index (χ3n) is 2.82. The summed E-state index contributed by atoms with van der Waals surface area (Å²) in [6.07, 6.45) is 0.441. The number of nitrogens with zero attached hydrogens (tertiary/aromatic N) is 1. The molecule has 1 amide bonds. The lowest BCUT2D eigenvalue weighted by molar-refractivity contribution is -0.118. The van der Waals surface area contributed by atoms with Crippen LogP contribution in [0.5, 0.6) is 5.75 Å². The van der Waals surface area contributed by atoms with Gasteiger partial charge in [-0.05, 0) is 35.7 Å². The highest BCUT2D eigenvalue weighted by Gasteiger charge is 2.19. The lowest BCUT2D eigenvalue weighted by Gasteiger charge is -2.10. The molecule has 1 aromatic carbocycles. The van der Waals surface area contributed by atoms with Gasteiger partial charge in [-0.3, -0.25) is 4.79 Å². The van der Waals surface area contributed by atoms with Crippen LogP contribution in [0.1, 0.15) is 4.88 Å². The molecule has 1 aromatic heterocycles. The second-order valence-electron chi connectivity index (χ2n) is 4.18. The number of rotatable bonds is 5. The highest BCUT2D eigenvalue weighted by Crippen LogP contribution is 2.18. The highest BCUT2D eigenvalue weighted by atomic mass is 32.1. The van der Waals surface area contributed by atoms with E-state index in [1.165, 1.54) is 0 Å². The molecule has 0 radical (unpaired) electrons. The Morgan fingerprint density at radius 3 is 2.70 bits per heavy atom. The van der Waals surface area contributed by atoms with E-state index in [-0.39, 0.29) is 5.91 Å². The van der Waals surface area contributed by atoms with Crippen molar-refractivity contribution in [3.63, 3.8) is 0 Å². The van der Waals surface area contributed by atoms with E-state index in [2.05, 4.69) is 11.4 Å². The molecule has 20 heavy (non-hydrogen) atoms. The van der Waals surface area contributed by atoms with Crippen molar-refractivity contribution in [1.82, 2.24) is 0 Å². The SMILES string of the molecule is COc1ccc(NC(=O)[C@@H](C#N)Cc2cccs2)cc1. The van der Waals surface area contributed by atoms with Crippen LogP contribution in [0.3, 0.4) is 0 Å². The van der Waals surface area contributed by atoms with Gasteiger partial charge in [-0.1, -0.05) is 6.07 Å². The number of nitrogens with one attached hydrogen (secondary N) is 1. The van der Waals surface area contributed by atoms with Gasteiger partial charge < -0.3 is 10.1 Å².